The Balaban J connectivity index is 1.78. The number of Topliss-reactive ketones (excluding diaryl/α,β-unsaturated/α-hetero) is 1. The van der Waals surface area contributed by atoms with Crippen molar-refractivity contribution in [1.29, 1.82) is 0 Å². The van der Waals surface area contributed by atoms with Gasteiger partial charge < -0.3 is 20.5 Å². The number of hydrogen-bond donors (Lipinski definition) is 3. The first-order chi connectivity index (χ1) is 15.7. The summed E-state index contributed by atoms with van der Waals surface area (Å²) >= 11 is 4.97. The number of thiocarbonyl (C=S) groups is 1. The lowest BCUT2D eigenvalue weighted by Gasteiger charge is -2.46. The Morgan fingerprint density at radius 1 is 0.939 bits per heavy atom. The van der Waals surface area contributed by atoms with Crippen LogP contribution < -0.4 is 15.4 Å². The van der Waals surface area contributed by atoms with E-state index in [4.69, 9.17) is 17.0 Å². The molecular weight excluding hydrogens is 453 g/mol. The van der Waals surface area contributed by atoms with Crippen LogP contribution in [0.5, 0.6) is 11.5 Å². The molecule has 0 aliphatic carbocycles. The molecule has 4 rings (SSSR count). The molecule has 9 heteroatoms. The number of aliphatic hydroxyl groups is 1. The SMILES string of the molecule is O=C(c1ccccc1)[C@@H]1[C@@H](c2cccc(Oc3ccccc3)c2)NC(=S)N[C@]1(O)C(F)(F)F. The standard InChI is InChI=1S/C24H19F3N2O3S/c25-24(26,27)23(31)19(21(30)15-8-3-1-4-9-15)20(28-22(33)29-23)16-10-7-13-18(14-16)32-17-11-5-2-6-12-17/h1-14,19-20,31H,(H2,28,29,33)/t19-,20+,23+/m0/s1. The monoisotopic (exact) mass is 472 g/mol. The first-order valence-corrected chi connectivity index (χ1v) is 10.4. The molecule has 3 atom stereocenters. The Bertz CT molecular complexity index is 1160. The van der Waals surface area contributed by atoms with Crippen molar-refractivity contribution < 1.29 is 27.8 Å². The topological polar surface area (TPSA) is 70.6 Å². The van der Waals surface area contributed by atoms with Gasteiger partial charge in [-0.1, -0.05) is 60.7 Å². The number of alkyl halides is 3. The van der Waals surface area contributed by atoms with Gasteiger partial charge >= 0.3 is 6.18 Å². The fourth-order valence-electron chi connectivity index (χ4n) is 3.79. The van der Waals surface area contributed by atoms with Gasteiger partial charge in [-0.05, 0) is 42.0 Å². The summed E-state index contributed by atoms with van der Waals surface area (Å²) < 4.78 is 48.1. The summed E-state index contributed by atoms with van der Waals surface area (Å²) in [6, 6.07) is 21.4. The molecular formula is C24H19F3N2O3S. The molecule has 0 amide bonds. The van der Waals surface area contributed by atoms with Gasteiger partial charge in [0.15, 0.2) is 10.9 Å². The van der Waals surface area contributed by atoms with Crippen molar-refractivity contribution in [1.82, 2.24) is 10.6 Å². The van der Waals surface area contributed by atoms with Crippen LogP contribution in [0.3, 0.4) is 0 Å². The number of ketones is 1. The third kappa shape index (κ3) is 4.55. The van der Waals surface area contributed by atoms with Gasteiger partial charge in [0.05, 0.1) is 6.04 Å². The minimum absolute atomic E-state index is 0.0308. The third-order valence-corrected chi connectivity index (χ3v) is 5.56. The van der Waals surface area contributed by atoms with Crippen molar-refractivity contribution in [2.24, 2.45) is 5.92 Å². The van der Waals surface area contributed by atoms with Gasteiger partial charge in [0, 0.05) is 5.56 Å². The second kappa shape index (κ2) is 8.84. The smallest absolute Gasteiger partial charge is 0.437 e. The zero-order chi connectivity index (χ0) is 23.6. The van der Waals surface area contributed by atoms with Crippen molar-refractivity contribution in [2.75, 3.05) is 0 Å². The van der Waals surface area contributed by atoms with Gasteiger partial charge in [-0.25, -0.2) is 0 Å². The van der Waals surface area contributed by atoms with Gasteiger partial charge in [-0.15, -0.1) is 0 Å². The fourth-order valence-corrected chi connectivity index (χ4v) is 4.08. The van der Waals surface area contributed by atoms with E-state index in [1.54, 1.807) is 48.5 Å². The second-order valence-electron chi connectivity index (χ2n) is 7.54. The summed E-state index contributed by atoms with van der Waals surface area (Å²) in [4.78, 5) is 13.3. The summed E-state index contributed by atoms with van der Waals surface area (Å²) in [6.45, 7) is 0. The van der Waals surface area contributed by atoms with Gasteiger partial charge in [0.2, 0.25) is 5.72 Å². The highest BCUT2D eigenvalue weighted by atomic mass is 32.1. The van der Waals surface area contributed by atoms with E-state index >= 15 is 0 Å². The molecule has 0 spiro atoms. The van der Waals surface area contributed by atoms with Crippen LogP contribution >= 0.6 is 12.2 Å². The van der Waals surface area contributed by atoms with E-state index < -0.39 is 34.8 Å². The number of carbonyl (C=O) groups is 1. The lowest BCUT2D eigenvalue weighted by Crippen LogP contribution is -2.72. The predicted octanol–water partition coefficient (Wildman–Crippen LogP) is 4.75. The molecule has 3 N–H and O–H groups in total. The molecule has 5 nitrogen and oxygen atoms in total. The van der Waals surface area contributed by atoms with Crippen LogP contribution in [-0.4, -0.2) is 27.9 Å². The molecule has 1 heterocycles. The summed E-state index contributed by atoms with van der Waals surface area (Å²) in [5.74, 6) is -1.98. The van der Waals surface area contributed by atoms with Crippen LogP contribution in [0.25, 0.3) is 0 Å². The highest BCUT2D eigenvalue weighted by Crippen LogP contribution is 2.44. The number of benzene rings is 3. The molecule has 33 heavy (non-hydrogen) atoms. The Hall–Kier alpha value is -3.43. The van der Waals surface area contributed by atoms with Gasteiger partial charge in [-0.3, -0.25) is 4.79 Å². The number of nitrogens with one attached hydrogen (secondary N) is 2. The molecule has 0 unspecified atom stereocenters. The van der Waals surface area contributed by atoms with Crippen molar-refractivity contribution in [2.45, 2.75) is 17.9 Å². The molecule has 1 fully saturated rings. The molecule has 1 aliphatic heterocycles. The minimum atomic E-state index is -5.19. The summed E-state index contributed by atoms with van der Waals surface area (Å²) in [5, 5.41) is 15.0. The van der Waals surface area contributed by atoms with Crippen LogP contribution in [-0.2, 0) is 0 Å². The number of hydrogen-bond acceptors (Lipinski definition) is 4. The summed E-state index contributed by atoms with van der Waals surface area (Å²) in [6.07, 6.45) is -5.19. The molecule has 3 aromatic rings. The van der Waals surface area contributed by atoms with E-state index in [1.807, 2.05) is 11.4 Å². The number of carbonyl (C=O) groups excluding carboxylic acids is 1. The van der Waals surface area contributed by atoms with E-state index in [9.17, 15) is 23.1 Å². The second-order valence-corrected chi connectivity index (χ2v) is 7.94. The van der Waals surface area contributed by atoms with E-state index in [-0.39, 0.29) is 5.56 Å². The molecule has 170 valence electrons. The number of halogens is 3. The number of ether oxygens (including phenoxy) is 1. The van der Waals surface area contributed by atoms with Gasteiger partial charge in [-0.2, -0.15) is 13.2 Å². The maximum absolute atomic E-state index is 14.1. The maximum atomic E-state index is 14.1. The molecule has 0 radical (unpaired) electrons. The van der Waals surface area contributed by atoms with Crippen LogP contribution in [0, 0.1) is 5.92 Å². The average molecular weight is 472 g/mol. The molecule has 1 saturated heterocycles. The lowest BCUT2D eigenvalue weighted by atomic mass is 9.77. The quantitative estimate of drug-likeness (QED) is 0.368. The van der Waals surface area contributed by atoms with E-state index in [2.05, 4.69) is 5.32 Å². The minimum Gasteiger partial charge on any atom is -0.457 e. The first kappa shape index (κ1) is 22.8. The van der Waals surface area contributed by atoms with Crippen LogP contribution in [0.15, 0.2) is 84.9 Å². The maximum Gasteiger partial charge on any atom is 0.437 e. The predicted molar refractivity (Wildman–Crippen MR) is 120 cm³/mol. The molecule has 3 aromatic carbocycles. The van der Waals surface area contributed by atoms with E-state index in [1.165, 1.54) is 30.3 Å². The number of para-hydroxylation sites is 1. The Kier molecular flexibility index (Phi) is 6.09. The highest BCUT2D eigenvalue weighted by Gasteiger charge is 2.65. The molecule has 0 saturated carbocycles. The van der Waals surface area contributed by atoms with Crippen molar-refractivity contribution in [3.63, 3.8) is 0 Å². The third-order valence-electron chi connectivity index (χ3n) is 5.34. The first-order valence-electron chi connectivity index (χ1n) is 9.99. The lowest BCUT2D eigenvalue weighted by molar-refractivity contribution is -0.285. The van der Waals surface area contributed by atoms with Crippen molar-refractivity contribution in [3.05, 3.63) is 96.1 Å². The van der Waals surface area contributed by atoms with Crippen LogP contribution in [0.2, 0.25) is 0 Å². The summed E-state index contributed by atoms with van der Waals surface area (Å²) in [5.41, 5.74) is -3.25. The fraction of sp³-hybridized carbons (Fsp3) is 0.167. The van der Waals surface area contributed by atoms with Crippen molar-refractivity contribution >= 4 is 23.1 Å². The van der Waals surface area contributed by atoms with E-state index in [0.29, 0.717) is 17.1 Å². The Morgan fingerprint density at radius 3 is 2.18 bits per heavy atom. The number of rotatable bonds is 5. The zero-order valence-electron chi connectivity index (χ0n) is 17.0. The van der Waals surface area contributed by atoms with Gasteiger partial charge in [0.1, 0.15) is 17.4 Å². The average Bonchev–Trinajstić information content (AvgIpc) is 2.79. The van der Waals surface area contributed by atoms with Gasteiger partial charge in [0.25, 0.3) is 0 Å². The molecule has 1 aliphatic rings. The van der Waals surface area contributed by atoms with Crippen LogP contribution in [0.1, 0.15) is 22.0 Å². The Morgan fingerprint density at radius 2 is 1.55 bits per heavy atom. The largest absolute Gasteiger partial charge is 0.457 e. The van der Waals surface area contributed by atoms with Crippen molar-refractivity contribution in [3.8, 4) is 11.5 Å². The molecule has 0 bridgehead atoms. The van der Waals surface area contributed by atoms with E-state index in [0.717, 1.165) is 0 Å². The van der Waals surface area contributed by atoms with Crippen LogP contribution in [0.4, 0.5) is 13.2 Å². The zero-order valence-corrected chi connectivity index (χ0v) is 17.9. The molecule has 0 aromatic heterocycles. The summed E-state index contributed by atoms with van der Waals surface area (Å²) in [7, 11) is 0. The Labute approximate surface area is 193 Å². The highest BCUT2D eigenvalue weighted by molar-refractivity contribution is 7.80. The normalized spacial score (nSPS) is 22.7.